The predicted octanol–water partition coefficient (Wildman–Crippen LogP) is 4.35. The number of carbonyl (C=O) groups excluding carboxylic acids is 2. The number of nitrogens with two attached hydrogens (primary N) is 1. The molecule has 0 aromatic heterocycles. The molecule has 3 aliphatic rings. The number of esters is 1. The number of methoxy groups -OCH3 is 2. The molecule has 0 radical (unpaired) electrons. The van der Waals surface area contributed by atoms with Crippen LogP contribution >= 0.6 is 0 Å². The molecule has 0 spiro atoms. The quantitative estimate of drug-likeness (QED) is 0.133. The van der Waals surface area contributed by atoms with Gasteiger partial charge in [0.2, 0.25) is 5.76 Å². The van der Waals surface area contributed by atoms with Crippen molar-refractivity contribution < 1.29 is 68.3 Å². The minimum absolute atomic E-state index is 0.0306. The summed E-state index contributed by atoms with van der Waals surface area (Å²) in [6, 6.07) is 0. The molecule has 1 amide bonds. The molecule has 3 heterocycles. The van der Waals surface area contributed by atoms with Gasteiger partial charge in [-0.1, -0.05) is 82.2 Å². The van der Waals surface area contributed by atoms with Crippen molar-refractivity contribution in [1.29, 1.82) is 0 Å². The van der Waals surface area contributed by atoms with Crippen molar-refractivity contribution in [3.05, 3.63) is 59.4 Å². The third-order valence-corrected chi connectivity index (χ3v) is 12.0. The maximum atomic E-state index is 13.8. The Morgan fingerprint density at radius 3 is 2.32 bits per heavy atom. The third-order valence-electron chi connectivity index (χ3n) is 12.0. The highest BCUT2D eigenvalue weighted by molar-refractivity contribution is 5.87. The lowest BCUT2D eigenvalue weighted by molar-refractivity contribution is -0.338. The Bertz CT molecular complexity index is 1520. The first-order chi connectivity index (χ1) is 27.7. The number of amides is 1. The summed E-state index contributed by atoms with van der Waals surface area (Å²) in [5, 5.41) is 57.0. The molecule has 2 fully saturated rings. The monoisotopic (exact) mass is 837 g/mol. The van der Waals surface area contributed by atoms with Crippen molar-refractivity contribution in [3.63, 3.8) is 0 Å². The Balaban J connectivity index is 1.98. The number of rotatable bonds is 10. The largest absolute Gasteiger partial charge is 0.490 e. The van der Waals surface area contributed by atoms with E-state index in [1.165, 1.54) is 20.3 Å². The molecule has 0 bridgehead atoms. The molecule has 3 rings (SSSR count). The van der Waals surface area contributed by atoms with E-state index < -0.39 is 97.0 Å². The number of primary amides is 1. The van der Waals surface area contributed by atoms with Gasteiger partial charge in [-0.05, 0) is 46.1 Å². The molecule has 7 N–H and O–H groups in total. The molecule has 59 heavy (non-hydrogen) atoms. The number of allylic oxidation sites excluding steroid dienone is 6. The van der Waals surface area contributed by atoms with E-state index in [0.717, 1.165) is 5.57 Å². The minimum Gasteiger partial charge on any atom is -0.490 e. The van der Waals surface area contributed by atoms with Gasteiger partial charge < -0.3 is 64.4 Å². The number of carbonyl (C=O) groups is 2. The summed E-state index contributed by atoms with van der Waals surface area (Å²) in [5.74, 6) is -5.57. The average Bonchev–Trinajstić information content (AvgIpc) is 3.16. The van der Waals surface area contributed by atoms with Crippen LogP contribution in [0.4, 0.5) is 4.79 Å². The minimum atomic E-state index is -1.97. The van der Waals surface area contributed by atoms with E-state index in [0.29, 0.717) is 12.0 Å². The van der Waals surface area contributed by atoms with Crippen LogP contribution in [-0.4, -0.2) is 125 Å². The molecule has 3 aliphatic heterocycles. The molecule has 0 aromatic rings. The highest BCUT2D eigenvalue weighted by Crippen LogP contribution is 2.42. The first kappa shape index (κ1) is 50.2. The van der Waals surface area contributed by atoms with E-state index in [4.69, 9.17) is 38.9 Å². The second kappa shape index (κ2) is 22.6. The number of cyclic esters (lactones) is 1. The third kappa shape index (κ3) is 13.7. The van der Waals surface area contributed by atoms with Crippen molar-refractivity contribution in [3.8, 4) is 0 Å². The van der Waals surface area contributed by atoms with Gasteiger partial charge in [-0.15, -0.1) is 0 Å². The zero-order chi connectivity index (χ0) is 44.4. The smallest absolute Gasteiger partial charge is 0.404 e. The van der Waals surface area contributed by atoms with Gasteiger partial charge in [0.15, 0.2) is 18.2 Å². The fourth-order valence-electron chi connectivity index (χ4n) is 8.17. The van der Waals surface area contributed by atoms with Gasteiger partial charge in [-0.2, -0.15) is 0 Å². The Morgan fingerprint density at radius 1 is 1.05 bits per heavy atom. The summed E-state index contributed by atoms with van der Waals surface area (Å²) in [7, 11) is 2.80. The lowest BCUT2D eigenvalue weighted by Gasteiger charge is -2.49. The number of aliphatic hydroxyl groups is 5. The van der Waals surface area contributed by atoms with Crippen molar-refractivity contribution in [2.24, 2.45) is 35.3 Å². The Kier molecular flexibility index (Phi) is 19.3. The molecule has 15 heteroatoms. The number of ether oxygens (including phenoxy) is 7. The lowest BCUT2D eigenvalue weighted by atomic mass is 9.77. The zero-order valence-corrected chi connectivity index (χ0v) is 36.6. The normalized spacial score (nSPS) is 41.9. The molecular formula is C44H71NO14. The standard InChI is InChI=1S/C44H71NO14/c1-12-14-34-27(6)37(56-38-21-33(48)41(30(9)55-38)58-43(45)51)22-44(52,59-34)29(8)39(49)28(7)40-35(53-10)16-13-15-23(2)17-25(4)31(46)20-32(47)26(5)18-24(3)19-36(54-11)42(50)57-40/h12-16,18-19,25-35,37-41,46-49,52H,17,20-22H2,1-11H3,(H2,45,51)/b14-12+,16-13+,23-15+,24-18+,36-19-/t25-,26-,27-,28+,29+,30-,31-,32+,33-,34-,35+,37+,38+,39-,40-,41-,44-/m1/s1. The Hall–Kier alpha value is -3.12. The zero-order valence-electron chi connectivity index (χ0n) is 36.6. The van der Waals surface area contributed by atoms with Crippen LogP contribution in [0.3, 0.4) is 0 Å². The van der Waals surface area contributed by atoms with Crippen LogP contribution in [0.25, 0.3) is 0 Å². The Labute approximate surface area is 349 Å². The summed E-state index contributed by atoms with van der Waals surface area (Å²) < 4.78 is 41.2. The van der Waals surface area contributed by atoms with Gasteiger partial charge in [-0.3, -0.25) is 0 Å². The average molecular weight is 838 g/mol. The van der Waals surface area contributed by atoms with E-state index >= 15 is 0 Å². The molecule has 2 saturated heterocycles. The topological polar surface area (TPSA) is 226 Å². The van der Waals surface area contributed by atoms with Crippen molar-refractivity contribution in [1.82, 2.24) is 0 Å². The fourth-order valence-corrected chi connectivity index (χ4v) is 8.17. The van der Waals surface area contributed by atoms with Crippen LogP contribution in [0.2, 0.25) is 0 Å². The fraction of sp³-hybridized carbons (Fsp3) is 0.727. The highest BCUT2D eigenvalue weighted by Gasteiger charge is 2.52. The van der Waals surface area contributed by atoms with E-state index in [9.17, 15) is 35.1 Å². The van der Waals surface area contributed by atoms with Crippen LogP contribution in [0.1, 0.15) is 88.0 Å². The van der Waals surface area contributed by atoms with Crippen LogP contribution in [0.5, 0.6) is 0 Å². The van der Waals surface area contributed by atoms with Gasteiger partial charge >= 0.3 is 12.1 Å². The van der Waals surface area contributed by atoms with Crippen LogP contribution in [0, 0.1) is 29.6 Å². The molecule has 17 atom stereocenters. The van der Waals surface area contributed by atoms with E-state index in [1.807, 2.05) is 40.7 Å². The SMILES string of the molecule is C/C=C/[C@H]1O[C@@](O)([C@@H](C)[C@H](O)[C@H](C)[C@H]2OC(=O)/C(OC)=C/C(C)=C/[C@@H](C)[C@@H](O)C[C@@H](O)[C@H](C)C/C(C)=C/C=C/[C@@H]2OC)C[C@H](O[C@H]2C[C@@H](O)[C@H](OC(N)=O)[C@@H](C)O2)[C@@H]1C. The van der Waals surface area contributed by atoms with Crippen molar-refractivity contribution >= 4 is 12.1 Å². The number of hydrogen-bond acceptors (Lipinski definition) is 14. The summed E-state index contributed by atoms with van der Waals surface area (Å²) in [5.41, 5.74) is 6.77. The van der Waals surface area contributed by atoms with E-state index in [1.54, 1.807) is 58.1 Å². The number of aliphatic hydroxyl groups excluding tert-OH is 4. The molecule has 0 aliphatic carbocycles. The second-order valence-corrected chi connectivity index (χ2v) is 16.8. The van der Waals surface area contributed by atoms with Gasteiger partial charge in [-0.25, -0.2) is 9.59 Å². The van der Waals surface area contributed by atoms with Crippen molar-refractivity contribution in [2.45, 2.75) is 161 Å². The van der Waals surface area contributed by atoms with E-state index in [2.05, 4.69) is 0 Å². The molecule has 0 unspecified atom stereocenters. The first-order valence-corrected chi connectivity index (χ1v) is 20.7. The number of hydrogen-bond donors (Lipinski definition) is 6. The first-order valence-electron chi connectivity index (χ1n) is 20.7. The van der Waals surface area contributed by atoms with Gasteiger partial charge in [0.25, 0.3) is 0 Å². The molecule has 0 aromatic carbocycles. The molecular weight excluding hydrogens is 766 g/mol. The van der Waals surface area contributed by atoms with E-state index in [-0.39, 0.29) is 42.8 Å². The summed E-state index contributed by atoms with van der Waals surface area (Å²) >= 11 is 0. The highest BCUT2D eigenvalue weighted by atomic mass is 16.7. The van der Waals surface area contributed by atoms with Gasteiger partial charge in [0.05, 0.1) is 49.8 Å². The predicted molar refractivity (Wildman–Crippen MR) is 219 cm³/mol. The second-order valence-electron chi connectivity index (χ2n) is 16.8. The Morgan fingerprint density at radius 2 is 1.73 bits per heavy atom. The lowest BCUT2D eigenvalue weighted by Crippen LogP contribution is -2.59. The van der Waals surface area contributed by atoms with Crippen LogP contribution in [0.15, 0.2) is 59.4 Å². The van der Waals surface area contributed by atoms with Crippen LogP contribution in [-0.2, 0) is 38.0 Å². The van der Waals surface area contributed by atoms with Gasteiger partial charge in [0.1, 0.15) is 12.2 Å². The van der Waals surface area contributed by atoms with Gasteiger partial charge in [0, 0.05) is 50.0 Å². The van der Waals surface area contributed by atoms with Crippen molar-refractivity contribution in [2.75, 3.05) is 14.2 Å². The molecule has 0 saturated carbocycles. The summed E-state index contributed by atoms with van der Waals surface area (Å²) in [6.07, 6.45) is 1.79. The summed E-state index contributed by atoms with van der Waals surface area (Å²) in [4.78, 5) is 25.2. The maximum absolute atomic E-state index is 13.8. The summed E-state index contributed by atoms with van der Waals surface area (Å²) in [6.45, 7) is 16.1. The maximum Gasteiger partial charge on any atom is 0.404 e. The molecule has 15 nitrogen and oxygen atoms in total. The van der Waals surface area contributed by atoms with Crippen LogP contribution < -0.4 is 5.73 Å². The molecule has 336 valence electrons.